The number of carbonyl (C=O) groups is 2. The van der Waals surface area contributed by atoms with Crippen LogP contribution in [0, 0.1) is 0 Å². The standard InChI is InChI=1S/C23H24N8O2/c1-2-17-19(24)30-27-12-16(15-9-14-5-3-4-6-18(14)25-10-15)11-26-20(17)31-8-7-23(13-31)21(32)28-22(33)29-23/h3-6,9-12,30H,2,7-8,13,24H2,1H3,(H2,28,29,32,33). The molecule has 0 bridgehead atoms. The van der Waals surface area contributed by atoms with Crippen molar-refractivity contribution in [1.29, 1.82) is 0 Å². The van der Waals surface area contributed by atoms with E-state index in [2.05, 4.69) is 25.8 Å². The van der Waals surface area contributed by atoms with Gasteiger partial charge in [0.1, 0.15) is 17.2 Å². The Balaban J connectivity index is 1.60. The van der Waals surface area contributed by atoms with Crippen molar-refractivity contribution in [2.45, 2.75) is 25.3 Å². The number of nitrogens with one attached hydrogen (secondary N) is 3. The van der Waals surface area contributed by atoms with Gasteiger partial charge < -0.3 is 16.0 Å². The number of H-pyrrole nitrogens is 1. The summed E-state index contributed by atoms with van der Waals surface area (Å²) in [7, 11) is 0. The number of nitrogens with zero attached hydrogens (tertiary/aromatic N) is 4. The van der Waals surface area contributed by atoms with Crippen LogP contribution >= 0.6 is 0 Å². The molecule has 0 saturated carbocycles. The van der Waals surface area contributed by atoms with E-state index in [1.807, 2.05) is 42.2 Å². The summed E-state index contributed by atoms with van der Waals surface area (Å²) < 4.78 is 0. The third kappa shape index (κ3) is 3.69. The summed E-state index contributed by atoms with van der Waals surface area (Å²) in [6, 6.07) is 9.45. The molecular weight excluding hydrogens is 420 g/mol. The average Bonchev–Trinajstić information content (AvgIpc) is 3.37. The smallest absolute Gasteiger partial charge is 0.322 e. The highest BCUT2D eigenvalue weighted by Crippen LogP contribution is 2.31. The molecule has 2 aromatic heterocycles. The highest BCUT2D eigenvalue weighted by atomic mass is 16.2. The molecular formula is C23H24N8O2. The number of amides is 3. The van der Waals surface area contributed by atoms with Gasteiger partial charge in [-0.1, -0.05) is 25.1 Å². The minimum Gasteiger partial charge on any atom is -0.384 e. The van der Waals surface area contributed by atoms with Crippen LogP contribution in [0.15, 0.2) is 48.9 Å². The fourth-order valence-electron chi connectivity index (χ4n) is 4.41. The van der Waals surface area contributed by atoms with Crippen molar-refractivity contribution in [2.24, 2.45) is 0 Å². The maximum absolute atomic E-state index is 12.4. The van der Waals surface area contributed by atoms with Crippen molar-refractivity contribution in [1.82, 2.24) is 30.8 Å². The van der Waals surface area contributed by atoms with Crippen molar-refractivity contribution in [2.75, 3.05) is 23.7 Å². The van der Waals surface area contributed by atoms with Crippen LogP contribution in [-0.2, 0) is 11.2 Å². The van der Waals surface area contributed by atoms with Crippen molar-refractivity contribution in [3.8, 4) is 11.1 Å². The Labute approximate surface area is 189 Å². The molecule has 0 radical (unpaired) electrons. The molecule has 2 aliphatic rings. The largest absolute Gasteiger partial charge is 0.384 e. The first kappa shape index (κ1) is 20.7. The van der Waals surface area contributed by atoms with E-state index < -0.39 is 11.6 Å². The Morgan fingerprint density at radius 2 is 1.94 bits per heavy atom. The Kier molecular flexibility index (Phi) is 5.04. The number of nitrogens with two attached hydrogens (primary N) is 1. The molecule has 10 heteroatoms. The number of carbonyl (C=O) groups excluding carboxylic acids is 2. The number of urea groups is 1. The van der Waals surface area contributed by atoms with E-state index in [4.69, 9.17) is 10.7 Å². The van der Waals surface area contributed by atoms with E-state index >= 15 is 0 Å². The number of hydrogen-bond donors (Lipinski definition) is 4. The zero-order valence-electron chi connectivity index (χ0n) is 18.1. The lowest BCUT2D eigenvalue weighted by atomic mass is 9.99. The summed E-state index contributed by atoms with van der Waals surface area (Å²) in [5.74, 6) is 0.721. The number of fused-ring (bicyclic) bond motifs is 1. The van der Waals surface area contributed by atoms with Gasteiger partial charge in [-0.25, -0.2) is 9.78 Å². The summed E-state index contributed by atoms with van der Waals surface area (Å²) >= 11 is 0. The molecule has 4 heterocycles. The number of aromatic nitrogens is 4. The predicted octanol–water partition coefficient (Wildman–Crippen LogP) is 2.08. The Hall–Kier alpha value is -4.21. The second kappa shape index (κ2) is 8.05. The monoisotopic (exact) mass is 444 g/mol. The topological polar surface area (TPSA) is 142 Å². The summed E-state index contributed by atoms with van der Waals surface area (Å²) in [4.78, 5) is 35.5. The second-order valence-corrected chi connectivity index (χ2v) is 8.23. The first-order chi connectivity index (χ1) is 16.0. The molecule has 3 amide bonds. The van der Waals surface area contributed by atoms with Gasteiger partial charge >= 0.3 is 6.03 Å². The van der Waals surface area contributed by atoms with Gasteiger partial charge in [0, 0.05) is 41.0 Å². The molecule has 168 valence electrons. The fraction of sp³-hybridized carbons (Fsp3) is 0.261. The number of aromatic amines is 1. The van der Waals surface area contributed by atoms with E-state index in [0.29, 0.717) is 37.6 Å². The van der Waals surface area contributed by atoms with Gasteiger partial charge in [-0.05, 0) is 25.0 Å². The SMILES string of the molecule is CCc1c(N2CCC3(C2)NC(=O)NC3=O)ncc(-c2cnc3ccccc3c2)cn[nH]c1N. The van der Waals surface area contributed by atoms with Crippen molar-refractivity contribution in [3.63, 3.8) is 0 Å². The molecule has 1 aromatic carbocycles. The van der Waals surface area contributed by atoms with Crippen LogP contribution in [0.25, 0.3) is 22.0 Å². The third-order valence-corrected chi connectivity index (χ3v) is 6.17. The van der Waals surface area contributed by atoms with Gasteiger partial charge in [-0.3, -0.25) is 20.2 Å². The molecule has 2 fully saturated rings. The second-order valence-electron chi connectivity index (χ2n) is 8.23. The maximum atomic E-state index is 12.4. The van der Waals surface area contributed by atoms with E-state index in [0.717, 1.165) is 27.6 Å². The minimum absolute atomic E-state index is 0.307. The minimum atomic E-state index is -0.954. The fourth-order valence-corrected chi connectivity index (χ4v) is 4.41. The molecule has 0 aliphatic carbocycles. The van der Waals surface area contributed by atoms with Crippen molar-refractivity contribution in [3.05, 3.63) is 54.5 Å². The van der Waals surface area contributed by atoms with E-state index in [1.165, 1.54) is 0 Å². The van der Waals surface area contributed by atoms with Crippen molar-refractivity contribution >= 4 is 34.5 Å². The first-order valence-corrected chi connectivity index (χ1v) is 10.8. The molecule has 5 rings (SSSR count). The Bertz CT molecular complexity index is 1320. The zero-order valence-corrected chi connectivity index (χ0v) is 18.1. The van der Waals surface area contributed by atoms with Gasteiger partial charge in [-0.15, -0.1) is 0 Å². The van der Waals surface area contributed by atoms with Gasteiger partial charge in [-0.2, -0.15) is 5.10 Å². The zero-order chi connectivity index (χ0) is 23.0. The number of nitrogen functional groups attached to an aromatic ring is 1. The van der Waals surface area contributed by atoms with Gasteiger partial charge in [0.25, 0.3) is 5.91 Å². The predicted molar refractivity (Wildman–Crippen MR) is 125 cm³/mol. The van der Waals surface area contributed by atoms with E-state index in [1.54, 1.807) is 18.6 Å². The molecule has 2 saturated heterocycles. The van der Waals surface area contributed by atoms with Crippen LogP contribution in [-0.4, -0.2) is 50.7 Å². The Morgan fingerprint density at radius 1 is 1.12 bits per heavy atom. The van der Waals surface area contributed by atoms with Crippen LogP contribution in [0.4, 0.5) is 16.4 Å². The van der Waals surface area contributed by atoms with Crippen LogP contribution in [0.2, 0.25) is 0 Å². The molecule has 10 nitrogen and oxygen atoms in total. The summed E-state index contributed by atoms with van der Waals surface area (Å²) in [6.45, 7) is 2.83. The highest BCUT2D eigenvalue weighted by Gasteiger charge is 2.51. The lowest BCUT2D eigenvalue weighted by Crippen LogP contribution is -2.49. The van der Waals surface area contributed by atoms with Gasteiger partial charge in [0.05, 0.1) is 18.3 Å². The molecule has 5 N–H and O–H groups in total. The first-order valence-electron chi connectivity index (χ1n) is 10.8. The number of anilines is 2. The number of rotatable bonds is 3. The lowest BCUT2D eigenvalue weighted by molar-refractivity contribution is -0.123. The van der Waals surface area contributed by atoms with Crippen LogP contribution < -0.4 is 21.3 Å². The highest BCUT2D eigenvalue weighted by molar-refractivity contribution is 6.07. The summed E-state index contributed by atoms with van der Waals surface area (Å²) in [5, 5.41) is 13.3. The molecule has 3 aromatic rings. The maximum Gasteiger partial charge on any atom is 0.322 e. The normalized spacial score (nSPS) is 19.6. The number of pyridine rings is 1. The van der Waals surface area contributed by atoms with Gasteiger partial charge in [0.15, 0.2) is 0 Å². The molecule has 1 atom stereocenters. The quantitative estimate of drug-likeness (QED) is 0.453. The number of imide groups is 1. The lowest BCUT2D eigenvalue weighted by Gasteiger charge is -2.23. The van der Waals surface area contributed by atoms with Crippen LogP contribution in [0.1, 0.15) is 18.9 Å². The number of para-hydroxylation sites is 1. The van der Waals surface area contributed by atoms with E-state index in [-0.39, 0.29) is 5.91 Å². The third-order valence-electron chi connectivity index (χ3n) is 6.17. The Morgan fingerprint density at radius 3 is 2.73 bits per heavy atom. The molecule has 33 heavy (non-hydrogen) atoms. The average molecular weight is 444 g/mol. The van der Waals surface area contributed by atoms with Crippen LogP contribution in [0.3, 0.4) is 0 Å². The number of hydrogen-bond acceptors (Lipinski definition) is 7. The molecule has 1 spiro atoms. The summed E-state index contributed by atoms with van der Waals surface area (Å²) in [5.41, 5.74) is 8.65. The molecule has 2 aliphatic heterocycles. The van der Waals surface area contributed by atoms with Crippen LogP contribution in [0.5, 0.6) is 0 Å². The molecule has 1 unspecified atom stereocenters. The van der Waals surface area contributed by atoms with E-state index in [9.17, 15) is 9.59 Å². The van der Waals surface area contributed by atoms with Crippen molar-refractivity contribution < 1.29 is 9.59 Å². The number of benzene rings is 1. The summed E-state index contributed by atoms with van der Waals surface area (Å²) in [6.07, 6.45) is 6.27. The van der Waals surface area contributed by atoms with Gasteiger partial charge in [0.2, 0.25) is 0 Å².